The Hall–Kier alpha value is -1.94. The standard InChI is InChI=1S/C78H152O17P2/c1-6-9-12-15-18-21-24-27-29-30-32-39-44-49-54-59-64-78(83)95-74(68-89-76(81)62-57-52-47-42-37-34-33-35-40-45-50-55-60-71(4)5)70-93-97(86,87)91-66-72(79)65-90-96(84,85)92-69-73(67-88-75(80)61-56-51-46-41-36-26-23-20-17-14-11-8-3)94-77(82)63-58-53-48-43-38-31-28-25-22-19-16-13-10-7-2/h71-74,79H,6-70H2,1-5H3,(H,84,85)(H,86,87)/t72-,73+,74+/m0/s1. The number of esters is 4. The van der Waals surface area contributed by atoms with Gasteiger partial charge < -0.3 is 33.8 Å². The average molecular weight is 1420 g/mol. The normalized spacial score (nSPS) is 13.9. The molecule has 0 saturated carbocycles. The van der Waals surface area contributed by atoms with Crippen molar-refractivity contribution < 1.29 is 80.2 Å². The third-order valence-corrected chi connectivity index (χ3v) is 20.2. The maximum Gasteiger partial charge on any atom is 0.472 e. The summed E-state index contributed by atoms with van der Waals surface area (Å²) in [6.45, 7) is 7.33. The number of aliphatic hydroxyl groups excluding tert-OH is 1. The van der Waals surface area contributed by atoms with Crippen LogP contribution in [0.2, 0.25) is 0 Å². The molecule has 0 aliphatic carbocycles. The van der Waals surface area contributed by atoms with Crippen molar-refractivity contribution in [3.05, 3.63) is 0 Å². The van der Waals surface area contributed by atoms with Crippen molar-refractivity contribution in [1.29, 1.82) is 0 Å². The minimum Gasteiger partial charge on any atom is -0.462 e. The van der Waals surface area contributed by atoms with Crippen molar-refractivity contribution in [3.63, 3.8) is 0 Å². The molecule has 3 N–H and O–H groups in total. The summed E-state index contributed by atoms with van der Waals surface area (Å²) in [4.78, 5) is 72.9. The van der Waals surface area contributed by atoms with Gasteiger partial charge in [-0.05, 0) is 31.6 Å². The topological polar surface area (TPSA) is 237 Å². The monoisotopic (exact) mass is 1420 g/mol. The summed E-state index contributed by atoms with van der Waals surface area (Å²) in [7, 11) is -9.91. The van der Waals surface area contributed by atoms with Crippen molar-refractivity contribution >= 4 is 39.5 Å². The second-order valence-corrected chi connectivity index (χ2v) is 31.5. The Bertz CT molecular complexity index is 1860. The summed E-state index contributed by atoms with van der Waals surface area (Å²) in [6, 6.07) is 0. The van der Waals surface area contributed by atoms with Crippen molar-refractivity contribution in [3.8, 4) is 0 Å². The van der Waals surface area contributed by atoms with Crippen LogP contribution >= 0.6 is 15.6 Å². The Kier molecular flexibility index (Phi) is 69.6. The minimum atomic E-state index is -4.96. The van der Waals surface area contributed by atoms with Gasteiger partial charge in [-0.3, -0.25) is 37.3 Å². The van der Waals surface area contributed by atoms with Gasteiger partial charge in [-0.2, -0.15) is 0 Å². The molecule has 2 unspecified atom stereocenters. The summed E-state index contributed by atoms with van der Waals surface area (Å²) in [6.07, 6.45) is 60.8. The van der Waals surface area contributed by atoms with E-state index in [9.17, 15) is 43.2 Å². The lowest BCUT2D eigenvalue weighted by atomic mass is 10.0. The van der Waals surface area contributed by atoms with Crippen molar-refractivity contribution in [2.75, 3.05) is 39.6 Å². The second kappa shape index (κ2) is 71.1. The molecule has 0 heterocycles. The van der Waals surface area contributed by atoms with Gasteiger partial charge in [0.25, 0.3) is 0 Å². The molecule has 0 aromatic heterocycles. The van der Waals surface area contributed by atoms with E-state index in [4.69, 9.17) is 37.0 Å². The molecule has 0 radical (unpaired) electrons. The van der Waals surface area contributed by atoms with Gasteiger partial charge in [-0.25, -0.2) is 9.13 Å². The third kappa shape index (κ3) is 72.2. The number of hydrogen-bond donors (Lipinski definition) is 3. The molecule has 17 nitrogen and oxygen atoms in total. The van der Waals surface area contributed by atoms with Gasteiger partial charge in [0.05, 0.1) is 26.4 Å². The molecule has 5 atom stereocenters. The first-order valence-electron chi connectivity index (χ1n) is 40.6. The van der Waals surface area contributed by atoms with Crippen LogP contribution in [0.1, 0.15) is 413 Å². The van der Waals surface area contributed by atoms with Crippen molar-refractivity contribution in [2.24, 2.45) is 5.92 Å². The number of rotatable bonds is 78. The predicted molar refractivity (Wildman–Crippen MR) is 395 cm³/mol. The zero-order valence-electron chi connectivity index (χ0n) is 63.2. The molecular weight excluding hydrogens is 1270 g/mol. The summed E-state index contributed by atoms with van der Waals surface area (Å²) >= 11 is 0. The first kappa shape index (κ1) is 95.1. The van der Waals surface area contributed by atoms with Crippen LogP contribution in [0.3, 0.4) is 0 Å². The van der Waals surface area contributed by atoms with E-state index < -0.39 is 97.5 Å². The Morgan fingerprint density at radius 1 is 0.278 bits per heavy atom. The molecule has 0 amide bonds. The number of phosphoric acid groups is 2. The highest BCUT2D eigenvalue weighted by molar-refractivity contribution is 7.47. The van der Waals surface area contributed by atoms with E-state index in [1.54, 1.807) is 0 Å². The first-order valence-corrected chi connectivity index (χ1v) is 43.6. The average Bonchev–Trinajstić information content (AvgIpc) is 1.27. The number of hydrogen-bond acceptors (Lipinski definition) is 15. The van der Waals surface area contributed by atoms with Crippen LogP contribution in [0.15, 0.2) is 0 Å². The smallest absolute Gasteiger partial charge is 0.462 e. The Morgan fingerprint density at radius 3 is 0.701 bits per heavy atom. The maximum atomic E-state index is 13.1. The fraction of sp³-hybridized carbons (Fsp3) is 0.949. The minimum absolute atomic E-state index is 0.109. The number of phosphoric ester groups is 2. The van der Waals surface area contributed by atoms with Gasteiger partial charge in [-0.15, -0.1) is 0 Å². The van der Waals surface area contributed by atoms with Gasteiger partial charge in [0.15, 0.2) is 12.2 Å². The SMILES string of the molecule is CCCCCCCCCCCCCCCCCCC(=O)O[C@H](COC(=O)CCCCCCCCCCCCCCC(C)C)COP(=O)(O)OC[C@@H](O)COP(=O)(O)OC[C@@H](COC(=O)CCCCCCCCCCCCCC)OC(=O)CCCCCCCCCCCCCCCC. The van der Waals surface area contributed by atoms with Crippen LogP contribution in [0.4, 0.5) is 0 Å². The summed E-state index contributed by atoms with van der Waals surface area (Å²) in [5.74, 6) is -1.32. The number of carbonyl (C=O) groups excluding carboxylic acids is 4. The molecule has 0 saturated heterocycles. The van der Waals surface area contributed by atoms with Crippen LogP contribution < -0.4 is 0 Å². The molecule has 0 aromatic carbocycles. The van der Waals surface area contributed by atoms with Gasteiger partial charge in [0, 0.05) is 25.7 Å². The molecule has 0 bridgehead atoms. The molecular formula is C78H152O17P2. The zero-order chi connectivity index (χ0) is 71.2. The largest absolute Gasteiger partial charge is 0.472 e. The van der Waals surface area contributed by atoms with E-state index in [1.165, 1.54) is 238 Å². The molecule has 0 spiro atoms. The fourth-order valence-corrected chi connectivity index (χ4v) is 13.6. The molecule has 97 heavy (non-hydrogen) atoms. The molecule has 0 aliphatic rings. The van der Waals surface area contributed by atoms with Crippen LogP contribution in [0, 0.1) is 5.92 Å². The van der Waals surface area contributed by atoms with Gasteiger partial charge >= 0.3 is 39.5 Å². The number of unbranched alkanes of at least 4 members (excludes halogenated alkanes) is 50. The third-order valence-electron chi connectivity index (χ3n) is 18.3. The van der Waals surface area contributed by atoms with Gasteiger partial charge in [-0.1, -0.05) is 362 Å². The highest BCUT2D eigenvalue weighted by Gasteiger charge is 2.30. The highest BCUT2D eigenvalue weighted by Crippen LogP contribution is 2.45. The summed E-state index contributed by atoms with van der Waals surface area (Å²) in [5.41, 5.74) is 0. The van der Waals surface area contributed by atoms with Crippen LogP contribution in [0.5, 0.6) is 0 Å². The molecule has 19 heteroatoms. The first-order chi connectivity index (χ1) is 47.0. The van der Waals surface area contributed by atoms with E-state index in [0.29, 0.717) is 25.7 Å². The summed E-state index contributed by atoms with van der Waals surface area (Å²) in [5, 5.41) is 10.6. The van der Waals surface area contributed by atoms with Crippen LogP contribution in [0.25, 0.3) is 0 Å². The number of aliphatic hydroxyl groups is 1. The molecule has 0 aliphatic heterocycles. The maximum absolute atomic E-state index is 13.1. The molecule has 0 aromatic rings. The van der Waals surface area contributed by atoms with Crippen LogP contribution in [-0.4, -0.2) is 96.7 Å². The van der Waals surface area contributed by atoms with Gasteiger partial charge in [0.1, 0.15) is 19.3 Å². The highest BCUT2D eigenvalue weighted by atomic mass is 31.2. The Balaban J connectivity index is 5.26. The lowest BCUT2D eigenvalue weighted by Gasteiger charge is -2.21. The van der Waals surface area contributed by atoms with E-state index in [2.05, 4.69) is 34.6 Å². The van der Waals surface area contributed by atoms with E-state index >= 15 is 0 Å². The predicted octanol–water partition coefficient (Wildman–Crippen LogP) is 23.3. The number of carbonyl (C=O) groups is 4. The lowest BCUT2D eigenvalue weighted by molar-refractivity contribution is -0.161. The molecule has 0 fully saturated rings. The zero-order valence-corrected chi connectivity index (χ0v) is 65.0. The van der Waals surface area contributed by atoms with Crippen molar-refractivity contribution in [2.45, 2.75) is 432 Å². The second-order valence-electron chi connectivity index (χ2n) is 28.6. The van der Waals surface area contributed by atoms with E-state index in [-0.39, 0.29) is 25.7 Å². The molecule has 576 valence electrons. The fourth-order valence-electron chi connectivity index (χ4n) is 12.1. The van der Waals surface area contributed by atoms with Gasteiger partial charge in [0.2, 0.25) is 0 Å². The number of ether oxygens (including phenoxy) is 4. The quantitative estimate of drug-likeness (QED) is 0.0222. The van der Waals surface area contributed by atoms with Crippen molar-refractivity contribution in [1.82, 2.24) is 0 Å². The Labute approximate surface area is 594 Å². The summed E-state index contributed by atoms with van der Waals surface area (Å²) < 4.78 is 68.7. The van der Waals surface area contributed by atoms with E-state index in [0.717, 1.165) is 95.8 Å². The lowest BCUT2D eigenvalue weighted by Crippen LogP contribution is -2.30. The van der Waals surface area contributed by atoms with E-state index in [1.807, 2.05) is 0 Å². The Morgan fingerprint density at radius 2 is 0.474 bits per heavy atom. The molecule has 0 rings (SSSR count). The van der Waals surface area contributed by atoms with Crippen LogP contribution in [-0.2, 0) is 65.4 Å².